The Morgan fingerprint density at radius 2 is 2.09 bits per heavy atom. The van der Waals surface area contributed by atoms with Gasteiger partial charge in [0.05, 0.1) is 5.69 Å². The maximum Gasteiger partial charge on any atom is 0.265 e. The molecule has 1 heterocycles. The van der Waals surface area contributed by atoms with Crippen LogP contribution < -0.4 is 20.7 Å². The molecule has 2 amide bonds. The molecule has 22 heavy (non-hydrogen) atoms. The van der Waals surface area contributed by atoms with E-state index in [0.29, 0.717) is 24.5 Å². The van der Waals surface area contributed by atoms with Gasteiger partial charge >= 0.3 is 0 Å². The summed E-state index contributed by atoms with van der Waals surface area (Å²) in [7, 11) is 0. The van der Waals surface area contributed by atoms with Crippen LogP contribution in [0.5, 0.6) is 5.75 Å². The first-order chi connectivity index (χ1) is 9.93. The second-order valence-electron chi connectivity index (χ2n) is 5.69. The van der Waals surface area contributed by atoms with Crippen molar-refractivity contribution in [3.05, 3.63) is 24.3 Å². The fraction of sp³-hybridized carbons (Fsp3) is 0.467. The van der Waals surface area contributed by atoms with Gasteiger partial charge in [0.1, 0.15) is 5.75 Å². The molecular weight excluding hydrogens is 306 g/mol. The van der Waals surface area contributed by atoms with E-state index in [4.69, 9.17) is 10.5 Å². The summed E-state index contributed by atoms with van der Waals surface area (Å²) in [5.74, 6) is 0.404. The zero-order chi connectivity index (χ0) is 15.5. The van der Waals surface area contributed by atoms with Crippen LogP contribution in [0.4, 0.5) is 5.69 Å². The smallest absolute Gasteiger partial charge is 0.265 e. The van der Waals surface area contributed by atoms with Crippen LogP contribution in [0.1, 0.15) is 20.3 Å². The predicted octanol–water partition coefficient (Wildman–Crippen LogP) is 1.08. The maximum atomic E-state index is 12.0. The lowest BCUT2D eigenvalue weighted by atomic mass is 10.1. The Bertz CT molecular complexity index is 549. The Morgan fingerprint density at radius 1 is 1.41 bits per heavy atom. The van der Waals surface area contributed by atoms with Crippen molar-refractivity contribution in [2.45, 2.75) is 25.8 Å². The number of rotatable bonds is 5. The molecule has 1 aliphatic heterocycles. The normalized spacial score (nSPS) is 13.8. The molecule has 0 saturated carbocycles. The van der Waals surface area contributed by atoms with Gasteiger partial charge in [-0.2, -0.15) is 0 Å². The summed E-state index contributed by atoms with van der Waals surface area (Å²) in [6.07, 6.45) is 0.226. The number of nitrogens with one attached hydrogen (secondary N) is 1. The minimum Gasteiger partial charge on any atom is -0.482 e. The molecule has 6 nitrogen and oxygen atoms in total. The first-order valence-electron chi connectivity index (χ1n) is 6.96. The van der Waals surface area contributed by atoms with Crippen LogP contribution in [0.3, 0.4) is 0 Å². The number of para-hydroxylation sites is 2. The predicted molar refractivity (Wildman–Crippen MR) is 87.4 cm³/mol. The number of fused-ring (bicyclic) bond motifs is 1. The first kappa shape index (κ1) is 18.3. The van der Waals surface area contributed by atoms with E-state index in [1.165, 1.54) is 0 Å². The van der Waals surface area contributed by atoms with Gasteiger partial charge in [0.15, 0.2) is 6.61 Å². The number of carbonyl (C=O) groups excluding carboxylic acids is 2. The third-order valence-corrected chi connectivity index (χ3v) is 3.36. The van der Waals surface area contributed by atoms with Crippen molar-refractivity contribution >= 4 is 29.9 Å². The number of halogens is 1. The van der Waals surface area contributed by atoms with Crippen LogP contribution in [0, 0.1) is 0 Å². The Kier molecular flexibility index (Phi) is 6.20. The standard InChI is InChI=1S/C15H21N3O3.ClH/c1-15(2,10-16)17-13(19)7-8-18-11-5-3-4-6-12(11)21-9-14(18)20;/h3-6H,7-10,16H2,1-2H3,(H,17,19);1H. The Balaban J connectivity index is 0.00000242. The van der Waals surface area contributed by atoms with Crippen molar-refractivity contribution in [3.8, 4) is 5.75 Å². The molecule has 0 atom stereocenters. The highest BCUT2D eigenvalue weighted by Gasteiger charge is 2.26. The Hall–Kier alpha value is -1.79. The molecule has 0 saturated heterocycles. The molecule has 0 unspecified atom stereocenters. The van der Waals surface area contributed by atoms with E-state index in [1.807, 2.05) is 38.1 Å². The fourth-order valence-electron chi connectivity index (χ4n) is 2.10. The van der Waals surface area contributed by atoms with Crippen molar-refractivity contribution in [2.24, 2.45) is 5.73 Å². The van der Waals surface area contributed by atoms with Gasteiger partial charge in [0, 0.05) is 25.0 Å². The van der Waals surface area contributed by atoms with E-state index in [1.54, 1.807) is 4.90 Å². The van der Waals surface area contributed by atoms with Crippen molar-refractivity contribution in [2.75, 3.05) is 24.6 Å². The van der Waals surface area contributed by atoms with Crippen molar-refractivity contribution in [1.82, 2.24) is 5.32 Å². The molecule has 2 rings (SSSR count). The first-order valence-corrected chi connectivity index (χ1v) is 6.96. The maximum absolute atomic E-state index is 12.0. The highest BCUT2D eigenvalue weighted by Crippen LogP contribution is 2.31. The van der Waals surface area contributed by atoms with E-state index in [-0.39, 0.29) is 37.2 Å². The summed E-state index contributed by atoms with van der Waals surface area (Å²) in [6, 6.07) is 7.31. The average molecular weight is 328 g/mol. The van der Waals surface area contributed by atoms with Gasteiger partial charge in [0.2, 0.25) is 5.91 Å². The summed E-state index contributed by atoms with van der Waals surface area (Å²) in [5.41, 5.74) is 5.85. The minimum atomic E-state index is -0.440. The number of hydrogen-bond donors (Lipinski definition) is 2. The molecule has 7 heteroatoms. The number of anilines is 1. The molecule has 0 radical (unpaired) electrons. The number of nitrogens with two attached hydrogens (primary N) is 1. The number of carbonyl (C=O) groups is 2. The van der Waals surface area contributed by atoms with Gasteiger partial charge < -0.3 is 20.7 Å². The lowest BCUT2D eigenvalue weighted by Crippen LogP contribution is -2.50. The highest BCUT2D eigenvalue weighted by atomic mass is 35.5. The molecular formula is C15H22ClN3O3. The third-order valence-electron chi connectivity index (χ3n) is 3.36. The Labute approximate surface area is 136 Å². The van der Waals surface area contributed by atoms with Crippen molar-refractivity contribution < 1.29 is 14.3 Å². The fourth-order valence-corrected chi connectivity index (χ4v) is 2.10. The molecule has 1 aromatic rings. The van der Waals surface area contributed by atoms with E-state index in [2.05, 4.69) is 5.32 Å². The molecule has 0 fully saturated rings. The number of benzene rings is 1. The van der Waals surface area contributed by atoms with E-state index in [0.717, 1.165) is 0 Å². The SMILES string of the molecule is CC(C)(CN)NC(=O)CCN1C(=O)COc2ccccc21.Cl. The van der Waals surface area contributed by atoms with Gasteiger partial charge in [0.25, 0.3) is 5.91 Å². The summed E-state index contributed by atoms with van der Waals surface area (Å²) in [4.78, 5) is 25.5. The monoisotopic (exact) mass is 327 g/mol. The van der Waals surface area contributed by atoms with E-state index < -0.39 is 5.54 Å². The zero-order valence-electron chi connectivity index (χ0n) is 12.8. The molecule has 1 aromatic carbocycles. The number of nitrogens with zero attached hydrogens (tertiary/aromatic N) is 1. The quantitative estimate of drug-likeness (QED) is 0.847. The summed E-state index contributed by atoms with van der Waals surface area (Å²) in [5, 5.41) is 2.85. The van der Waals surface area contributed by atoms with Crippen LogP contribution in [-0.2, 0) is 9.59 Å². The van der Waals surface area contributed by atoms with Crippen LogP contribution in [0.2, 0.25) is 0 Å². The second kappa shape index (κ2) is 7.47. The van der Waals surface area contributed by atoms with Gasteiger partial charge in [-0.15, -0.1) is 12.4 Å². The van der Waals surface area contributed by atoms with Gasteiger partial charge in [-0.1, -0.05) is 12.1 Å². The summed E-state index contributed by atoms with van der Waals surface area (Å²) in [6.45, 7) is 4.41. The van der Waals surface area contributed by atoms with Crippen LogP contribution in [-0.4, -0.2) is 37.0 Å². The third kappa shape index (κ3) is 4.35. The molecule has 0 bridgehead atoms. The largest absolute Gasteiger partial charge is 0.482 e. The molecule has 0 aliphatic carbocycles. The molecule has 3 N–H and O–H groups in total. The summed E-state index contributed by atoms with van der Waals surface area (Å²) < 4.78 is 5.36. The number of amides is 2. The van der Waals surface area contributed by atoms with Gasteiger partial charge in [-0.3, -0.25) is 9.59 Å². The number of hydrogen-bond acceptors (Lipinski definition) is 4. The van der Waals surface area contributed by atoms with E-state index in [9.17, 15) is 9.59 Å². The Morgan fingerprint density at radius 3 is 2.77 bits per heavy atom. The van der Waals surface area contributed by atoms with Gasteiger partial charge in [-0.25, -0.2) is 0 Å². The minimum absolute atomic E-state index is 0. The second-order valence-corrected chi connectivity index (χ2v) is 5.69. The molecule has 1 aliphatic rings. The molecule has 0 spiro atoms. The summed E-state index contributed by atoms with van der Waals surface area (Å²) >= 11 is 0. The topological polar surface area (TPSA) is 84.7 Å². The van der Waals surface area contributed by atoms with Gasteiger partial charge in [-0.05, 0) is 26.0 Å². The number of ether oxygens (including phenoxy) is 1. The van der Waals surface area contributed by atoms with Crippen LogP contribution in [0.15, 0.2) is 24.3 Å². The lowest BCUT2D eigenvalue weighted by Gasteiger charge is -2.30. The lowest BCUT2D eigenvalue weighted by molar-refractivity contribution is -0.123. The van der Waals surface area contributed by atoms with Crippen LogP contribution in [0.25, 0.3) is 0 Å². The van der Waals surface area contributed by atoms with Crippen molar-refractivity contribution in [3.63, 3.8) is 0 Å². The molecule has 122 valence electrons. The van der Waals surface area contributed by atoms with Crippen molar-refractivity contribution in [1.29, 1.82) is 0 Å². The molecule has 0 aromatic heterocycles. The van der Waals surface area contributed by atoms with Crippen LogP contribution >= 0.6 is 12.4 Å². The highest BCUT2D eigenvalue weighted by molar-refractivity contribution is 5.98. The zero-order valence-corrected chi connectivity index (χ0v) is 13.6. The van der Waals surface area contributed by atoms with E-state index >= 15 is 0 Å². The average Bonchev–Trinajstić information content (AvgIpc) is 2.46.